The third-order valence-electron chi connectivity index (χ3n) is 3.47. The molecule has 2 N–H and O–H groups in total. The quantitative estimate of drug-likeness (QED) is 0.439. The van der Waals surface area contributed by atoms with Gasteiger partial charge >= 0.3 is 5.69 Å². The van der Waals surface area contributed by atoms with Gasteiger partial charge in [0.05, 0.1) is 26.3 Å². The van der Waals surface area contributed by atoms with E-state index in [-0.39, 0.29) is 22.1 Å². The zero-order valence-corrected chi connectivity index (χ0v) is 15.6. The molecule has 0 aromatic heterocycles. The number of amides is 1. The number of ether oxygens (including phenoxy) is 3. The third kappa shape index (κ3) is 5.05. The van der Waals surface area contributed by atoms with E-state index in [0.29, 0.717) is 17.2 Å². The molecule has 1 amide bonds. The SMILES string of the molecule is COc1cc(OC)cc(C(=O)NC(=S)Nc2ccc(OC)c([N+](=O)[O-])c2)c1. The largest absolute Gasteiger partial charge is 0.497 e. The first-order chi connectivity index (χ1) is 12.9. The number of nitro benzene ring substituents is 1. The number of carbonyl (C=O) groups excluding carboxylic acids is 1. The maximum atomic E-state index is 12.4. The van der Waals surface area contributed by atoms with Crippen LogP contribution in [-0.2, 0) is 0 Å². The van der Waals surface area contributed by atoms with Gasteiger partial charge in [0.2, 0.25) is 0 Å². The fourth-order valence-corrected chi connectivity index (χ4v) is 2.40. The molecule has 0 unspecified atom stereocenters. The Balaban J connectivity index is 2.13. The Morgan fingerprint density at radius 1 is 1.04 bits per heavy atom. The molecule has 0 aliphatic carbocycles. The highest BCUT2D eigenvalue weighted by Gasteiger charge is 2.16. The molecule has 0 radical (unpaired) electrons. The van der Waals surface area contributed by atoms with E-state index in [1.807, 2.05) is 0 Å². The van der Waals surface area contributed by atoms with Crippen LogP contribution in [0.4, 0.5) is 11.4 Å². The first-order valence-electron chi connectivity index (χ1n) is 7.55. The van der Waals surface area contributed by atoms with Crippen LogP contribution in [0.5, 0.6) is 17.2 Å². The fraction of sp³-hybridized carbons (Fsp3) is 0.176. The number of hydrogen-bond donors (Lipinski definition) is 2. The lowest BCUT2D eigenvalue weighted by atomic mass is 10.2. The van der Waals surface area contributed by atoms with E-state index in [1.54, 1.807) is 12.1 Å². The van der Waals surface area contributed by atoms with Gasteiger partial charge in [0.25, 0.3) is 5.91 Å². The minimum absolute atomic E-state index is 0.0266. The highest BCUT2D eigenvalue weighted by Crippen LogP contribution is 2.29. The van der Waals surface area contributed by atoms with Crippen molar-refractivity contribution in [2.45, 2.75) is 0 Å². The van der Waals surface area contributed by atoms with Crippen molar-refractivity contribution in [1.82, 2.24) is 5.32 Å². The lowest BCUT2D eigenvalue weighted by Gasteiger charge is -2.12. The topological polar surface area (TPSA) is 112 Å². The summed E-state index contributed by atoms with van der Waals surface area (Å²) in [7, 11) is 4.28. The minimum Gasteiger partial charge on any atom is -0.497 e. The highest BCUT2D eigenvalue weighted by molar-refractivity contribution is 7.80. The summed E-state index contributed by atoms with van der Waals surface area (Å²) in [5, 5.41) is 16.3. The zero-order valence-electron chi connectivity index (χ0n) is 14.8. The van der Waals surface area contributed by atoms with Crippen molar-refractivity contribution >= 4 is 34.6 Å². The number of nitrogens with zero attached hydrogens (tertiary/aromatic N) is 1. The summed E-state index contributed by atoms with van der Waals surface area (Å²) < 4.78 is 15.2. The summed E-state index contributed by atoms with van der Waals surface area (Å²) in [6.45, 7) is 0. The monoisotopic (exact) mass is 391 g/mol. The first kappa shape index (κ1) is 19.9. The molecule has 0 atom stereocenters. The summed E-state index contributed by atoms with van der Waals surface area (Å²) in [4.78, 5) is 22.9. The second-order valence-corrected chi connectivity index (χ2v) is 5.56. The van der Waals surface area contributed by atoms with Gasteiger partial charge in [-0.3, -0.25) is 20.2 Å². The van der Waals surface area contributed by atoms with Crippen LogP contribution in [0.15, 0.2) is 36.4 Å². The number of methoxy groups -OCH3 is 3. The maximum absolute atomic E-state index is 12.4. The van der Waals surface area contributed by atoms with Crippen molar-refractivity contribution in [2.24, 2.45) is 0 Å². The number of nitro groups is 1. The second kappa shape index (κ2) is 8.81. The van der Waals surface area contributed by atoms with Crippen LogP contribution in [0.3, 0.4) is 0 Å². The van der Waals surface area contributed by atoms with E-state index < -0.39 is 10.8 Å². The van der Waals surface area contributed by atoms with Gasteiger partial charge in [0, 0.05) is 23.4 Å². The number of benzene rings is 2. The average Bonchev–Trinajstić information content (AvgIpc) is 2.67. The van der Waals surface area contributed by atoms with Crippen LogP contribution >= 0.6 is 12.2 Å². The Morgan fingerprint density at radius 2 is 1.67 bits per heavy atom. The maximum Gasteiger partial charge on any atom is 0.312 e. The standard InChI is InChI=1S/C17H17N3O6S/c1-24-12-6-10(7-13(9-12)25-2)16(21)19-17(27)18-11-4-5-15(26-3)14(8-11)20(22)23/h4-9H,1-3H3,(H2,18,19,21,27). The lowest BCUT2D eigenvalue weighted by Crippen LogP contribution is -2.34. The number of anilines is 1. The van der Waals surface area contributed by atoms with Gasteiger partial charge in [-0.2, -0.15) is 0 Å². The number of hydrogen-bond acceptors (Lipinski definition) is 7. The normalized spacial score (nSPS) is 9.89. The number of thiocarbonyl (C=S) groups is 1. The second-order valence-electron chi connectivity index (χ2n) is 5.15. The minimum atomic E-state index is -0.575. The highest BCUT2D eigenvalue weighted by atomic mass is 32.1. The smallest absolute Gasteiger partial charge is 0.312 e. The molecule has 10 heteroatoms. The fourth-order valence-electron chi connectivity index (χ4n) is 2.19. The third-order valence-corrected chi connectivity index (χ3v) is 3.68. The van der Waals surface area contributed by atoms with E-state index in [2.05, 4.69) is 10.6 Å². The molecular weight excluding hydrogens is 374 g/mol. The van der Waals surface area contributed by atoms with Crippen molar-refractivity contribution in [3.05, 3.63) is 52.1 Å². The molecule has 2 aromatic rings. The van der Waals surface area contributed by atoms with E-state index in [9.17, 15) is 14.9 Å². The van der Waals surface area contributed by atoms with Gasteiger partial charge in [-0.15, -0.1) is 0 Å². The van der Waals surface area contributed by atoms with Crippen LogP contribution < -0.4 is 24.8 Å². The van der Waals surface area contributed by atoms with Crippen LogP contribution in [0.25, 0.3) is 0 Å². The Morgan fingerprint density at radius 3 is 2.19 bits per heavy atom. The van der Waals surface area contributed by atoms with E-state index >= 15 is 0 Å². The lowest BCUT2D eigenvalue weighted by molar-refractivity contribution is -0.385. The van der Waals surface area contributed by atoms with Crippen molar-refractivity contribution in [3.8, 4) is 17.2 Å². The van der Waals surface area contributed by atoms with Crippen molar-refractivity contribution in [1.29, 1.82) is 0 Å². The molecular formula is C17H17N3O6S. The van der Waals surface area contributed by atoms with Crippen molar-refractivity contribution in [2.75, 3.05) is 26.6 Å². The molecule has 0 fully saturated rings. The van der Waals surface area contributed by atoms with Crippen LogP contribution in [0.1, 0.15) is 10.4 Å². The molecule has 2 rings (SSSR count). The van der Waals surface area contributed by atoms with E-state index in [1.165, 1.54) is 45.6 Å². The van der Waals surface area contributed by atoms with Gasteiger partial charge in [-0.05, 0) is 36.5 Å². The van der Waals surface area contributed by atoms with Crippen LogP contribution in [0, 0.1) is 10.1 Å². The average molecular weight is 391 g/mol. The molecule has 0 heterocycles. The first-order valence-corrected chi connectivity index (χ1v) is 7.96. The van der Waals surface area contributed by atoms with Gasteiger partial charge < -0.3 is 19.5 Å². The summed E-state index contributed by atoms with van der Waals surface area (Å²) in [5.74, 6) is 0.519. The molecule has 9 nitrogen and oxygen atoms in total. The molecule has 0 aliphatic rings. The van der Waals surface area contributed by atoms with Gasteiger partial charge in [0.1, 0.15) is 11.5 Å². The predicted octanol–water partition coefficient (Wildman–Crippen LogP) is 2.75. The van der Waals surface area contributed by atoms with E-state index in [4.69, 9.17) is 26.4 Å². The predicted molar refractivity (Wildman–Crippen MR) is 103 cm³/mol. The molecule has 0 aliphatic heterocycles. The van der Waals surface area contributed by atoms with Gasteiger partial charge in [-0.25, -0.2) is 0 Å². The molecule has 0 saturated heterocycles. The number of nitrogens with one attached hydrogen (secondary N) is 2. The molecule has 0 spiro atoms. The van der Waals surface area contributed by atoms with E-state index in [0.717, 1.165) is 0 Å². The summed E-state index contributed by atoms with van der Waals surface area (Å²) in [6.07, 6.45) is 0. The van der Waals surface area contributed by atoms with Crippen LogP contribution in [0.2, 0.25) is 0 Å². The summed E-state index contributed by atoms with van der Waals surface area (Å²) in [6, 6.07) is 8.91. The Labute approximate surface area is 160 Å². The number of carbonyl (C=O) groups is 1. The van der Waals surface area contributed by atoms with Crippen molar-refractivity contribution in [3.63, 3.8) is 0 Å². The van der Waals surface area contributed by atoms with Crippen molar-refractivity contribution < 1.29 is 23.9 Å². The van der Waals surface area contributed by atoms with Crippen LogP contribution in [-0.4, -0.2) is 37.3 Å². The summed E-state index contributed by atoms with van der Waals surface area (Å²) >= 11 is 5.10. The molecule has 142 valence electrons. The Bertz CT molecular complexity index is 865. The van der Waals surface area contributed by atoms with Gasteiger partial charge in [-0.1, -0.05) is 0 Å². The molecule has 27 heavy (non-hydrogen) atoms. The molecule has 0 saturated carbocycles. The zero-order chi connectivity index (χ0) is 20.0. The Hall–Kier alpha value is -3.40. The molecule has 2 aromatic carbocycles. The van der Waals surface area contributed by atoms with Gasteiger partial charge in [0.15, 0.2) is 10.9 Å². The summed E-state index contributed by atoms with van der Waals surface area (Å²) in [5.41, 5.74) is 0.376. The number of rotatable bonds is 6. The molecule has 0 bridgehead atoms. The Kier molecular flexibility index (Phi) is 6.50.